The average molecular weight is 337 g/mol. The molecule has 0 bridgehead atoms. The Morgan fingerprint density at radius 3 is 2.35 bits per heavy atom. The summed E-state index contributed by atoms with van der Waals surface area (Å²) in [5.74, 6) is -2.01. The van der Waals surface area contributed by atoms with E-state index in [9.17, 15) is 13.2 Å². The number of benzene rings is 2. The number of rotatable bonds is 3. The van der Waals surface area contributed by atoms with Crippen LogP contribution in [-0.4, -0.2) is 13.1 Å². The Labute approximate surface area is 138 Å². The molecule has 122 valence electrons. The maximum atomic E-state index is 14.4. The Hall–Kier alpha value is -1.46. The zero-order valence-electron chi connectivity index (χ0n) is 12.8. The van der Waals surface area contributed by atoms with Gasteiger partial charge in [0.1, 0.15) is 5.82 Å². The van der Waals surface area contributed by atoms with Crippen molar-refractivity contribution in [2.75, 3.05) is 13.1 Å². The van der Waals surface area contributed by atoms with Crippen LogP contribution in [-0.2, 0) is 0 Å². The third-order valence-corrected chi connectivity index (χ3v) is 5.27. The largest absolute Gasteiger partial charge is 0.317 e. The Morgan fingerprint density at radius 2 is 1.65 bits per heavy atom. The Balaban J connectivity index is 1.99. The van der Waals surface area contributed by atoms with Gasteiger partial charge >= 0.3 is 0 Å². The lowest BCUT2D eigenvalue weighted by Gasteiger charge is -2.25. The van der Waals surface area contributed by atoms with Gasteiger partial charge in [-0.25, -0.2) is 13.2 Å². The van der Waals surface area contributed by atoms with E-state index in [1.54, 1.807) is 12.1 Å². The third kappa shape index (κ3) is 3.56. The summed E-state index contributed by atoms with van der Waals surface area (Å²) in [5.41, 5.74) is 1.21. The summed E-state index contributed by atoms with van der Waals surface area (Å²) in [6.07, 6.45) is 1.51. The molecule has 0 aromatic heterocycles. The maximum Gasteiger partial charge on any atom is 0.163 e. The summed E-state index contributed by atoms with van der Waals surface area (Å²) >= 11 is 1.16. The standard InChI is InChI=1S/C18H18F3NS/c1-11-2-4-15(14(20)10-11)23-16-5-3-13(19)18(21)17(16)12-6-8-22-9-7-12/h2-5,10,12,22H,6-9H2,1H3. The predicted octanol–water partition coefficient (Wildman–Crippen LogP) is 5.03. The van der Waals surface area contributed by atoms with Crippen molar-refractivity contribution in [3.05, 3.63) is 58.9 Å². The Morgan fingerprint density at radius 1 is 0.957 bits per heavy atom. The SMILES string of the molecule is Cc1ccc(Sc2ccc(F)c(F)c2C2CCNCC2)c(F)c1. The van der Waals surface area contributed by atoms with Gasteiger partial charge in [0, 0.05) is 15.4 Å². The van der Waals surface area contributed by atoms with E-state index in [4.69, 9.17) is 0 Å². The first-order valence-corrected chi connectivity index (χ1v) is 8.50. The second-order valence-corrected chi connectivity index (χ2v) is 6.92. The van der Waals surface area contributed by atoms with E-state index in [0.717, 1.165) is 49.3 Å². The highest BCUT2D eigenvalue weighted by Crippen LogP contribution is 2.40. The lowest BCUT2D eigenvalue weighted by Crippen LogP contribution is -2.27. The molecular formula is C18H18F3NS. The van der Waals surface area contributed by atoms with E-state index in [-0.39, 0.29) is 11.7 Å². The average Bonchev–Trinajstić information content (AvgIpc) is 2.54. The lowest BCUT2D eigenvalue weighted by molar-refractivity contribution is 0.423. The van der Waals surface area contributed by atoms with Crippen molar-refractivity contribution >= 4 is 11.8 Å². The van der Waals surface area contributed by atoms with Gasteiger partial charge in [-0.05, 0) is 68.6 Å². The summed E-state index contributed by atoms with van der Waals surface area (Å²) < 4.78 is 42.2. The fourth-order valence-corrected chi connectivity index (χ4v) is 3.97. The molecule has 1 heterocycles. The van der Waals surface area contributed by atoms with Crippen LogP contribution in [0.1, 0.15) is 29.9 Å². The van der Waals surface area contributed by atoms with Crippen molar-refractivity contribution in [1.29, 1.82) is 0 Å². The molecule has 1 aliphatic rings. The molecule has 1 fully saturated rings. The van der Waals surface area contributed by atoms with Crippen LogP contribution in [0.2, 0.25) is 0 Å². The normalized spacial score (nSPS) is 15.8. The molecule has 1 nitrogen and oxygen atoms in total. The van der Waals surface area contributed by atoms with Crippen LogP contribution in [0.5, 0.6) is 0 Å². The fourth-order valence-electron chi connectivity index (χ4n) is 2.94. The van der Waals surface area contributed by atoms with Crippen LogP contribution in [0.3, 0.4) is 0 Å². The van der Waals surface area contributed by atoms with Gasteiger partial charge in [0.15, 0.2) is 11.6 Å². The molecule has 1 saturated heterocycles. The molecule has 0 unspecified atom stereocenters. The molecule has 0 aliphatic carbocycles. The highest BCUT2D eigenvalue weighted by atomic mass is 32.2. The van der Waals surface area contributed by atoms with E-state index >= 15 is 0 Å². The molecule has 2 aromatic carbocycles. The summed E-state index contributed by atoms with van der Waals surface area (Å²) in [7, 11) is 0. The van der Waals surface area contributed by atoms with Crippen molar-refractivity contribution in [1.82, 2.24) is 5.32 Å². The summed E-state index contributed by atoms with van der Waals surface area (Å²) in [4.78, 5) is 1.02. The first-order chi connectivity index (χ1) is 11.1. The van der Waals surface area contributed by atoms with E-state index in [1.165, 1.54) is 6.07 Å². The van der Waals surface area contributed by atoms with Gasteiger partial charge in [-0.15, -0.1) is 0 Å². The smallest absolute Gasteiger partial charge is 0.163 e. The fraction of sp³-hybridized carbons (Fsp3) is 0.333. The first-order valence-electron chi connectivity index (χ1n) is 7.69. The third-order valence-electron chi connectivity index (χ3n) is 4.15. The van der Waals surface area contributed by atoms with Gasteiger partial charge in [0.2, 0.25) is 0 Å². The number of aryl methyl sites for hydroxylation is 1. The lowest BCUT2D eigenvalue weighted by atomic mass is 9.89. The molecule has 0 radical (unpaired) electrons. The molecule has 1 N–H and O–H groups in total. The summed E-state index contributed by atoms with van der Waals surface area (Å²) in [5, 5.41) is 3.22. The van der Waals surface area contributed by atoms with E-state index < -0.39 is 11.6 Å². The number of hydrogen-bond acceptors (Lipinski definition) is 2. The van der Waals surface area contributed by atoms with Crippen molar-refractivity contribution in [3.63, 3.8) is 0 Å². The van der Waals surface area contributed by atoms with E-state index in [2.05, 4.69) is 5.32 Å². The van der Waals surface area contributed by atoms with E-state index in [1.807, 2.05) is 13.0 Å². The van der Waals surface area contributed by atoms with Crippen molar-refractivity contribution in [2.24, 2.45) is 0 Å². The Kier molecular flexibility index (Phi) is 4.97. The number of halogens is 3. The topological polar surface area (TPSA) is 12.0 Å². The van der Waals surface area contributed by atoms with Crippen LogP contribution in [0.25, 0.3) is 0 Å². The summed E-state index contributed by atoms with van der Waals surface area (Å²) in [6, 6.07) is 7.62. The van der Waals surface area contributed by atoms with Gasteiger partial charge in [-0.1, -0.05) is 17.8 Å². The van der Waals surface area contributed by atoms with Gasteiger partial charge in [-0.3, -0.25) is 0 Å². The molecule has 2 aromatic rings. The molecule has 0 amide bonds. The van der Waals surface area contributed by atoms with Gasteiger partial charge in [0.05, 0.1) is 0 Å². The predicted molar refractivity (Wildman–Crippen MR) is 86.5 cm³/mol. The second-order valence-electron chi connectivity index (χ2n) is 5.83. The molecule has 23 heavy (non-hydrogen) atoms. The minimum Gasteiger partial charge on any atom is -0.317 e. The maximum absolute atomic E-state index is 14.4. The Bertz CT molecular complexity index is 712. The highest BCUT2D eigenvalue weighted by Gasteiger charge is 2.25. The number of hydrogen-bond donors (Lipinski definition) is 1. The first kappa shape index (κ1) is 16.4. The minimum atomic E-state index is -0.840. The molecule has 5 heteroatoms. The van der Waals surface area contributed by atoms with Gasteiger partial charge in [-0.2, -0.15) is 0 Å². The van der Waals surface area contributed by atoms with Crippen LogP contribution in [0.15, 0.2) is 40.1 Å². The zero-order valence-corrected chi connectivity index (χ0v) is 13.7. The van der Waals surface area contributed by atoms with Crippen LogP contribution in [0, 0.1) is 24.4 Å². The van der Waals surface area contributed by atoms with Crippen molar-refractivity contribution in [3.8, 4) is 0 Å². The zero-order chi connectivity index (χ0) is 16.4. The van der Waals surface area contributed by atoms with E-state index in [0.29, 0.717) is 15.4 Å². The van der Waals surface area contributed by atoms with Crippen molar-refractivity contribution in [2.45, 2.75) is 35.5 Å². The number of piperidine rings is 1. The molecule has 1 aliphatic heterocycles. The van der Waals surface area contributed by atoms with Crippen LogP contribution >= 0.6 is 11.8 Å². The van der Waals surface area contributed by atoms with Gasteiger partial charge in [0.25, 0.3) is 0 Å². The summed E-state index contributed by atoms with van der Waals surface area (Å²) in [6.45, 7) is 3.38. The van der Waals surface area contributed by atoms with Crippen molar-refractivity contribution < 1.29 is 13.2 Å². The quantitative estimate of drug-likeness (QED) is 0.843. The van der Waals surface area contributed by atoms with Crippen LogP contribution in [0.4, 0.5) is 13.2 Å². The molecule has 3 rings (SSSR count). The molecule has 0 saturated carbocycles. The monoisotopic (exact) mass is 337 g/mol. The minimum absolute atomic E-state index is 0.0389. The highest BCUT2D eigenvalue weighted by molar-refractivity contribution is 7.99. The molecule has 0 atom stereocenters. The second kappa shape index (κ2) is 6.97. The van der Waals surface area contributed by atoms with Crippen LogP contribution < -0.4 is 5.32 Å². The molecular weight excluding hydrogens is 319 g/mol. The number of nitrogens with one attached hydrogen (secondary N) is 1. The molecule has 0 spiro atoms. The van der Waals surface area contributed by atoms with Gasteiger partial charge < -0.3 is 5.32 Å².